The number of rotatable bonds is 13. The zero-order chi connectivity index (χ0) is 27.5. The van der Waals surface area contributed by atoms with Crippen LogP contribution in [-0.4, -0.2) is 5.91 Å². The monoisotopic (exact) mass is 511 g/mol. The number of aryl methyl sites for hydroxylation is 1. The zero-order valence-electron chi connectivity index (χ0n) is 23.9. The lowest BCUT2D eigenvalue weighted by Crippen LogP contribution is -2.23. The lowest BCUT2D eigenvalue weighted by atomic mass is 9.89. The first-order valence-corrected chi connectivity index (χ1v) is 14.2. The fourth-order valence-electron chi connectivity index (χ4n) is 4.88. The zero-order valence-corrected chi connectivity index (χ0v) is 23.9. The van der Waals surface area contributed by atoms with Crippen LogP contribution in [0.4, 0.5) is 17.1 Å². The smallest absolute Gasteiger partial charge is 0.255 e. The lowest BCUT2D eigenvalue weighted by molar-refractivity contribution is 0.0973. The summed E-state index contributed by atoms with van der Waals surface area (Å²) in [5.74, 6) is 0.451. The molecule has 0 radical (unpaired) electrons. The molecule has 1 atom stereocenters. The van der Waals surface area contributed by atoms with Gasteiger partial charge in [0.05, 0.1) is 0 Å². The van der Waals surface area contributed by atoms with E-state index in [0.717, 1.165) is 40.2 Å². The summed E-state index contributed by atoms with van der Waals surface area (Å²) >= 11 is 0. The highest BCUT2D eigenvalue weighted by Gasteiger charge is 2.16. The van der Waals surface area contributed by atoms with Crippen molar-refractivity contribution in [3.8, 4) is 0 Å². The fraction of sp³-hybridized carbons (Fsp3) is 0.382. The number of hydrogen-bond acceptors (Lipinski definition) is 3. The van der Waals surface area contributed by atoms with Crippen LogP contribution in [-0.2, 0) is 0 Å². The molecule has 1 amide bonds. The molecule has 4 heteroatoms. The Balaban J connectivity index is 1.78. The Morgan fingerprint density at radius 2 is 1.63 bits per heavy atom. The summed E-state index contributed by atoms with van der Waals surface area (Å²) in [7, 11) is 0. The Bertz CT molecular complexity index is 1230. The van der Waals surface area contributed by atoms with Crippen LogP contribution in [0.1, 0.15) is 106 Å². The predicted octanol–water partition coefficient (Wildman–Crippen LogP) is 9.36. The summed E-state index contributed by atoms with van der Waals surface area (Å²) in [6.07, 6.45) is 8.15. The molecule has 0 saturated heterocycles. The van der Waals surface area contributed by atoms with Crippen molar-refractivity contribution in [1.29, 1.82) is 0 Å². The molecule has 0 aliphatic heterocycles. The summed E-state index contributed by atoms with van der Waals surface area (Å²) in [5.41, 5.74) is 15.0. The predicted molar refractivity (Wildman–Crippen MR) is 164 cm³/mol. The molecule has 0 saturated carbocycles. The average Bonchev–Trinajstić information content (AvgIpc) is 2.92. The number of amides is 1. The van der Waals surface area contributed by atoms with Crippen LogP contribution in [0, 0.1) is 6.92 Å². The molecule has 0 spiro atoms. The van der Waals surface area contributed by atoms with Crippen LogP contribution in [0.25, 0.3) is 5.70 Å². The van der Waals surface area contributed by atoms with Crippen molar-refractivity contribution in [2.24, 2.45) is 0 Å². The molecule has 3 aromatic rings. The number of nitrogens with one attached hydrogen (secondary N) is 2. The number of carbonyl (C=O) groups excluding carboxylic acids is 1. The van der Waals surface area contributed by atoms with Gasteiger partial charge in [-0.25, -0.2) is 0 Å². The normalized spacial score (nSPS) is 12.6. The van der Waals surface area contributed by atoms with Gasteiger partial charge < -0.3 is 16.4 Å². The van der Waals surface area contributed by atoms with Crippen LogP contribution in [0.3, 0.4) is 0 Å². The number of para-hydroxylation sites is 1. The number of nitrogen functional groups attached to an aromatic ring is 1. The number of anilines is 3. The molecule has 1 unspecified atom stereocenters. The number of carbonyl (C=O) groups is 1. The van der Waals surface area contributed by atoms with Crippen molar-refractivity contribution in [1.82, 2.24) is 5.32 Å². The van der Waals surface area contributed by atoms with Crippen molar-refractivity contribution in [3.05, 3.63) is 94.6 Å². The van der Waals surface area contributed by atoms with E-state index in [1.165, 1.54) is 44.1 Å². The van der Waals surface area contributed by atoms with E-state index in [1.807, 2.05) is 55.5 Å². The molecule has 0 aliphatic carbocycles. The van der Waals surface area contributed by atoms with E-state index < -0.39 is 0 Å². The quantitative estimate of drug-likeness (QED) is 0.158. The molecular formula is C34H45N3O. The Morgan fingerprint density at radius 1 is 0.895 bits per heavy atom. The van der Waals surface area contributed by atoms with Crippen molar-refractivity contribution in [2.75, 3.05) is 11.1 Å². The lowest BCUT2D eigenvalue weighted by Gasteiger charge is -2.19. The van der Waals surface area contributed by atoms with E-state index in [1.54, 1.807) is 0 Å². The van der Waals surface area contributed by atoms with Gasteiger partial charge in [0, 0.05) is 33.9 Å². The molecule has 0 aromatic heterocycles. The first kappa shape index (κ1) is 29.0. The van der Waals surface area contributed by atoms with Gasteiger partial charge in [0.1, 0.15) is 0 Å². The van der Waals surface area contributed by atoms with E-state index in [9.17, 15) is 4.79 Å². The topological polar surface area (TPSA) is 67.2 Å². The SMILES string of the molecule is CCCCCC(CCC)c1ccc(C(=O)N/C(=C(/C)CC)c2ccc(Nc3ccccc3C)cc2N)cc1. The van der Waals surface area contributed by atoms with Crippen molar-refractivity contribution < 1.29 is 4.79 Å². The third-order valence-corrected chi connectivity index (χ3v) is 7.38. The molecule has 4 N–H and O–H groups in total. The maximum absolute atomic E-state index is 13.3. The minimum atomic E-state index is -0.112. The largest absolute Gasteiger partial charge is 0.398 e. The molecule has 0 heterocycles. The first-order valence-electron chi connectivity index (χ1n) is 14.2. The highest BCUT2D eigenvalue weighted by Crippen LogP contribution is 2.30. The second-order valence-electron chi connectivity index (χ2n) is 10.3. The molecule has 4 nitrogen and oxygen atoms in total. The summed E-state index contributed by atoms with van der Waals surface area (Å²) < 4.78 is 0. The Kier molecular flexibility index (Phi) is 11.0. The second kappa shape index (κ2) is 14.4. The van der Waals surface area contributed by atoms with Crippen LogP contribution >= 0.6 is 0 Å². The highest BCUT2D eigenvalue weighted by atomic mass is 16.1. The highest BCUT2D eigenvalue weighted by molar-refractivity contribution is 6.01. The standard InChI is InChI=1S/C34H45N3O/c1-6-9-10-15-26(13-7-2)27-17-19-28(20-18-27)34(38)37-33(24(4)8-3)30-22-21-29(23-31(30)35)36-32-16-12-11-14-25(32)5/h11-12,14,16-23,26,36H,6-10,13,15,35H2,1-5H3,(H,37,38)/b33-24-. The van der Waals surface area contributed by atoms with Gasteiger partial charge in [-0.05, 0) is 92.1 Å². The van der Waals surface area contributed by atoms with Crippen molar-refractivity contribution in [2.45, 2.75) is 85.5 Å². The van der Waals surface area contributed by atoms with Crippen LogP contribution in [0.2, 0.25) is 0 Å². The Morgan fingerprint density at radius 3 is 2.26 bits per heavy atom. The van der Waals surface area contributed by atoms with Crippen molar-refractivity contribution >= 4 is 28.7 Å². The molecule has 38 heavy (non-hydrogen) atoms. The molecule has 3 rings (SSSR count). The maximum atomic E-state index is 13.3. The van der Waals surface area contributed by atoms with Gasteiger partial charge in [0.25, 0.3) is 5.91 Å². The molecule has 0 aliphatic rings. The van der Waals surface area contributed by atoms with Gasteiger partial charge >= 0.3 is 0 Å². The van der Waals surface area contributed by atoms with E-state index in [2.05, 4.69) is 56.5 Å². The second-order valence-corrected chi connectivity index (χ2v) is 10.3. The van der Waals surface area contributed by atoms with Crippen molar-refractivity contribution in [3.63, 3.8) is 0 Å². The van der Waals surface area contributed by atoms with Gasteiger partial charge in [-0.3, -0.25) is 4.79 Å². The van der Waals surface area contributed by atoms with E-state index in [4.69, 9.17) is 5.73 Å². The summed E-state index contributed by atoms with van der Waals surface area (Å²) in [6, 6.07) is 22.3. The minimum absolute atomic E-state index is 0.112. The Labute approximate surface area is 229 Å². The van der Waals surface area contributed by atoms with Gasteiger partial charge in [-0.1, -0.05) is 76.8 Å². The molecule has 3 aromatic carbocycles. The van der Waals surface area contributed by atoms with E-state index in [-0.39, 0.29) is 5.91 Å². The average molecular weight is 512 g/mol. The van der Waals surface area contributed by atoms with E-state index in [0.29, 0.717) is 17.2 Å². The molecular weight excluding hydrogens is 466 g/mol. The third-order valence-electron chi connectivity index (χ3n) is 7.38. The summed E-state index contributed by atoms with van der Waals surface area (Å²) in [4.78, 5) is 13.3. The van der Waals surface area contributed by atoms with Gasteiger partial charge in [-0.15, -0.1) is 0 Å². The fourth-order valence-corrected chi connectivity index (χ4v) is 4.88. The third kappa shape index (κ3) is 7.74. The number of nitrogens with two attached hydrogens (primary N) is 1. The number of allylic oxidation sites excluding steroid dienone is 1. The number of unbranched alkanes of at least 4 members (excludes halogenated alkanes) is 2. The van der Waals surface area contributed by atoms with Gasteiger partial charge in [0.2, 0.25) is 0 Å². The maximum Gasteiger partial charge on any atom is 0.255 e. The van der Waals surface area contributed by atoms with Crippen LogP contribution < -0.4 is 16.4 Å². The summed E-state index contributed by atoms with van der Waals surface area (Å²) in [5, 5.41) is 6.62. The summed E-state index contributed by atoms with van der Waals surface area (Å²) in [6.45, 7) is 10.7. The molecule has 0 fully saturated rings. The van der Waals surface area contributed by atoms with Crippen LogP contribution in [0.15, 0.2) is 72.3 Å². The minimum Gasteiger partial charge on any atom is -0.398 e. The first-order chi connectivity index (χ1) is 18.4. The van der Waals surface area contributed by atoms with Gasteiger partial charge in [-0.2, -0.15) is 0 Å². The number of hydrogen-bond donors (Lipinski definition) is 3. The molecule has 0 bridgehead atoms. The van der Waals surface area contributed by atoms with Crippen LogP contribution in [0.5, 0.6) is 0 Å². The van der Waals surface area contributed by atoms with Gasteiger partial charge in [0.15, 0.2) is 0 Å². The Hall–Kier alpha value is -3.53. The molecule has 202 valence electrons. The number of benzene rings is 3. The van der Waals surface area contributed by atoms with E-state index >= 15 is 0 Å².